The number of fused-ring (bicyclic) bond motifs is 8. The Morgan fingerprint density at radius 2 is 0.524 bits per heavy atom. The first-order valence-corrected chi connectivity index (χ1v) is 16.0. The van der Waals surface area contributed by atoms with Crippen molar-refractivity contribution < 1.29 is 0 Å². The van der Waals surface area contributed by atoms with E-state index in [9.17, 15) is 0 Å². The molecule has 0 aliphatic heterocycles. The van der Waals surface area contributed by atoms with E-state index >= 15 is 0 Å². The molecule has 42 heavy (non-hydrogen) atoms. The summed E-state index contributed by atoms with van der Waals surface area (Å²) in [6.45, 7) is 19.0. The average Bonchev–Trinajstić information content (AvgIpc) is 3.46. The molecular weight excluding hydrogens is 504 g/mol. The molecule has 6 aromatic carbocycles. The van der Waals surface area contributed by atoms with Gasteiger partial charge >= 0.3 is 0 Å². The molecule has 0 saturated heterocycles. The molecule has 6 aromatic rings. The fourth-order valence-electron chi connectivity index (χ4n) is 8.83. The molecule has 0 heterocycles. The van der Waals surface area contributed by atoms with E-state index in [-0.39, 0.29) is 0 Å². The minimum Gasteiger partial charge on any atom is -0.0616 e. The molecule has 0 amide bonds. The summed E-state index contributed by atoms with van der Waals surface area (Å²) in [5.74, 6) is 1.73. The van der Waals surface area contributed by atoms with Crippen LogP contribution < -0.4 is 0 Å². The second-order valence-electron chi connectivity index (χ2n) is 13.9. The van der Waals surface area contributed by atoms with Crippen molar-refractivity contribution in [3.05, 3.63) is 95.1 Å². The van der Waals surface area contributed by atoms with E-state index < -0.39 is 0 Å². The Bertz CT molecular complexity index is 1830. The lowest BCUT2D eigenvalue weighted by Gasteiger charge is -2.24. The highest BCUT2D eigenvalue weighted by Gasteiger charge is 2.37. The van der Waals surface area contributed by atoms with E-state index in [0.29, 0.717) is 23.7 Å². The summed E-state index contributed by atoms with van der Waals surface area (Å²) in [5, 5.41) is 8.65. The van der Waals surface area contributed by atoms with Crippen molar-refractivity contribution in [2.24, 2.45) is 0 Å². The first-order valence-electron chi connectivity index (χ1n) is 16.0. The smallest absolute Gasteiger partial charge is 0.00137 e. The maximum atomic E-state index is 2.48. The molecule has 8 rings (SSSR count). The van der Waals surface area contributed by atoms with Gasteiger partial charge in [-0.2, -0.15) is 0 Å². The van der Waals surface area contributed by atoms with Gasteiger partial charge in [0.2, 0.25) is 0 Å². The molecule has 0 heteroatoms. The third-order valence-electron chi connectivity index (χ3n) is 10.1. The zero-order chi connectivity index (χ0) is 29.2. The maximum Gasteiger partial charge on any atom is -0.00137 e. The first kappa shape index (κ1) is 25.8. The van der Waals surface area contributed by atoms with E-state index in [0.717, 1.165) is 0 Å². The molecule has 0 saturated carbocycles. The van der Waals surface area contributed by atoms with Gasteiger partial charge in [-0.05, 0) is 123 Å². The maximum absolute atomic E-state index is 2.48. The summed E-state index contributed by atoms with van der Waals surface area (Å²) in [6, 6.07) is 28.2. The van der Waals surface area contributed by atoms with Gasteiger partial charge in [0.05, 0.1) is 0 Å². The van der Waals surface area contributed by atoms with Crippen molar-refractivity contribution in [2.45, 2.75) is 79.1 Å². The summed E-state index contributed by atoms with van der Waals surface area (Å²) >= 11 is 0. The predicted octanol–water partition coefficient (Wildman–Crippen LogP) is 12.9. The lowest BCUT2D eigenvalue weighted by atomic mass is 9.79. The molecular formula is C42H40. The lowest BCUT2D eigenvalue weighted by molar-refractivity contribution is 0.864. The van der Waals surface area contributed by atoms with Crippen LogP contribution in [0.5, 0.6) is 0 Å². The standard InChI is InChI=1S/C42H40/c1-21(2)33-25-13-9-10-14-26(25)34(22(3)4)40-30-19-20-32-38-31(18-17-29(37(30)38)39(33)40)41-35(23(5)6)27-15-11-12-16-28(27)36(24(7)8)42(32)41/h9-24H,1-8H3. The molecule has 0 atom stereocenters. The van der Waals surface area contributed by atoms with Crippen LogP contribution >= 0.6 is 0 Å². The largest absolute Gasteiger partial charge is 0.0616 e. The molecule has 0 aromatic heterocycles. The van der Waals surface area contributed by atoms with E-state index in [1.165, 1.54) is 99.1 Å². The zero-order valence-corrected chi connectivity index (χ0v) is 26.2. The third kappa shape index (κ3) is 3.08. The van der Waals surface area contributed by atoms with Crippen LogP contribution in [0.15, 0.2) is 72.8 Å². The van der Waals surface area contributed by atoms with E-state index in [1.54, 1.807) is 0 Å². The third-order valence-corrected chi connectivity index (χ3v) is 10.1. The van der Waals surface area contributed by atoms with E-state index in [2.05, 4.69) is 128 Å². The highest BCUT2D eigenvalue weighted by Crippen LogP contribution is 2.62. The van der Waals surface area contributed by atoms with Crippen LogP contribution in [0.25, 0.3) is 76.8 Å². The fourth-order valence-corrected chi connectivity index (χ4v) is 8.83. The number of benzene rings is 6. The van der Waals surface area contributed by atoms with Crippen LogP contribution in [-0.4, -0.2) is 0 Å². The Hall–Kier alpha value is -3.90. The van der Waals surface area contributed by atoms with Gasteiger partial charge < -0.3 is 0 Å². The van der Waals surface area contributed by atoms with Gasteiger partial charge in [0.25, 0.3) is 0 Å². The topological polar surface area (TPSA) is 0 Å². The predicted molar refractivity (Wildman–Crippen MR) is 184 cm³/mol. The van der Waals surface area contributed by atoms with Gasteiger partial charge in [-0.15, -0.1) is 0 Å². The highest BCUT2D eigenvalue weighted by molar-refractivity contribution is 6.30. The molecule has 0 fully saturated rings. The Balaban J connectivity index is 1.59. The Morgan fingerprint density at radius 1 is 0.310 bits per heavy atom. The monoisotopic (exact) mass is 544 g/mol. The molecule has 0 bridgehead atoms. The summed E-state index contributed by atoms with van der Waals surface area (Å²) in [7, 11) is 0. The summed E-state index contributed by atoms with van der Waals surface area (Å²) in [6.07, 6.45) is 0. The Kier molecular flexibility index (Phi) is 5.41. The van der Waals surface area contributed by atoms with E-state index in [1.807, 2.05) is 0 Å². The minimum absolute atomic E-state index is 0.432. The Labute approximate surface area is 250 Å². The van der Waals surface area contributed by atoms with Gasteiger partial charge in [0, 0.05) is 0 Å². The zero-order valence-electron chi connectivity index (χ0n) is 26.2. The van der Waals surface area contributed by atoms with Crippen molar-refractivity contribution in [1.82, 2.24) is 0 Å². The summed E-state index contributed by atoms with van der Waals surface area (Å²) in [5.41, 5.74) is 17.7. The van der Waals surface area contributed by atoms with Crippen molar-refractivity contribution in [2.75, 3.05) is 0 Å². The molecule has 0 unspecified atom stereocenters. The van der Waals surface area contributed by atoms with Gasteiger partial charge in [-0.3, -0.25) is 0 Å². The lowest BCUT2D eigenvalue weighted by Crippen LogP contribution is -2.02. The second kappa shape index (κ2) is 8.81. The number of hydrogen-bond acceptors (Lipinski definition) is 0. The quantitative estimate of drug-likeness (QED) is 0.207. The highest BCUT2D eigenvalue weighted by atomic mass is 14.4. The van der Waals surface area contributed by atoms with Crippen LogP contribution in [0.3, 0.4) is 0 Å². The average molecular weight is 545 g/mol. The van der Waals surface area contributed by atoms with Crippen LogP contribution in [0, 0.1) is 0 Å². The molecule has 0 N–H and O–H groups in total. The molecule has 2 aliphatic rings. The SMILES string of the molecule is CC(C)c1c2c(c(C(C)C)c3ccccc13)-c1ccc3c4c(ccc-2c14)-c1c-3c(C(C)C)c2ccccc2c1C(C)C. The van der Waals surface area contributed by atoms with Crippen LogP contribution in [-0.2, 0) is 0 Å². The van der Waals surface area contributed by atoms with Crippen LogP contribution in [0.2, 0.25) is 0 Å². The number of rotatable bonds is 4. The number of hydrogen-bond donors (Lipinski definition) is 0. The van der Waals surface area contributed by atoms with Crippen molar-refractivity contribution >= 4 is 32.3 Å². The summed E-state index contributed by atoms with van der Waals surface area (Å²) < 4.78 is 0. The molecule has 0 spiro atoms. The van der Waals surface area contributed by atoms with Crippen LogP contribution in [0.4, 0.5) is 0 Å². The Morgan fingerprint density at radius 3 is 0.714 bits per heavy atom. The van der Waals surface area contributed by atoms with Gasteiger partial charge in [-0.1, -0.05) is 128 Å². The van der Waals surface area contributed by atoms with Gasteiger partial charge in [0.15, 0.2) is 0 Å². The van der Waals surface area contributed by atoms with E-state index in [4.69, 9.17) is 0 Å². The van der Waals surface area contributed by atoms with Crippen molar-refractivity contribution in [3.8, 4) is 44.5 Å². The van der Waals surface area contributed by atoms with Gasteiger partial charge in [-0.25, -0.2) is 0 Å². The second-order valence-corrected chi connectivity index (χ2v) is 13.9. The normalized spacial score (nSPS) is 13.1. The van der Waals surface area contributed by atoms with Gasteiger partial charge in [0.1, 0.15) is 0 Å². The molecule has 0 radical (unpaired) electrons. The first-order chi connectivity index (χ1) is 20.2. The van der Waals surface area contributed by atoms with Crippen molar-refractivity contribution in [3.63, 3.8) is 0 Å². The van der Waals surface area contributed by atoms with Crippen molar-refractivity contribution in [1.29, 1.82) is 0 Å². The fraction of sp³-hybridized carbons (Fsp3) is 0.286. The molecule has 0 nitrogen and oxygen atoms in total. The summed E-state index contributed by atoms with van der Waals surface area (Å²) in [4.78, 5) is 0. The van der Waals surface area contributed by atoms with Crippen LogP contribution in [0.1, 0.15) is 101 Å². The molecule has 208 valence electrons. The molecule has 2 aliphatic carbocycles. The minimum atomic E-state index is 0.432.